The molecule has 0 fully saturated rings. The van der Waals surface area contributed by atoms with E-state index in [9.17, 15) is 18.5 Å². The molecule has 29 heavy (non-hydrogen) atoms. The van der Waals surface area contributed by atoms with Gasteiger partial charge in [0.2, 0.25) is 5.75 Å². The molecule has 10 nitrogen and oxygen atoms in total. The van der Waals surface area contributed by atoms with Gasteiger partial charge in [-0.05, 0) is 31.2 Å². The minimum atomic E-state index is -4.10. The van der Waals surface area contributed by atoms with E-state index in [2.05, 4.69) is 5.10 Å². The van der Waals surface area contributed by atoms with Crippen molar-refractivity contribution in [3.8, 4) is 17.2 Å². The number of halogens is 1. The SMILES string of the molecule is CCOc1cc(/C=N/NS(=O)(=O)c2cc(Cl)ccc2OC)cc([N+](=O)[O-])c1OC. The molecule has 156 valence electrons. The van der Waals surface area contributed by atoms with Crippen LogP contribution in [0.2, 0.25) is 5.02 Å². The number of hydrazone groups is 1. The highest BCUT2D eigenvalue weighted by Gasteiger charge is 2.22. The summed E-state index contributed by atoms with van der Waals surface area (Å²) >= 11 is 5.86. The van der Waals surface area contributed by atoms with Crippen molar-refractivity contribution in [2.24, 2.45) is 5.10 Å². The topological polar surface area (TPSA) is 129 Å². The lowest BCUT2D eigenvalue weighted by Crippen LogP contribution is -2.19. The number of sulfonamides is 1. The fourth-order valence-corrected chi connectivity index (χ4v) is 3.59. The lowest BCUT2D eigenvalue weighted by Gasteiger charge is -2.11. The Hall–Kier alpha value is -3.05. The molecule has 2 rings (SSSR count). The normalized spacial score (nSPS) is 11.3. The van der Waals surface area contributed by atoms with Crippen LogP contribution in [-0.2, 0) is 10.0 Å². The van der Waals surface area contributed by atoms with Gasteiger partial charge in [-0.15, -0.1) is 0 Å². The van der Waals surface area contributed by atoms with E-state index in [1.807, 2.05) is 4.83 Å². The lowest BCUT2D eigenvalue weighted by atomic mass is 10.2. The van der Waals surface area contributed by atoms with Crippen LogP contribution in [0.4, 0.5) is 5.69 Å². The van der Waals surface area contributed by atoms with Crippen LogP contribution in [0.15, 0.2) is 40.3 Å². The molecule has 0 saturated carbocycles. The molecule has 2 aromatic carbocycles. The van der Waals surface area contributed by atoms with Crippen molar-refractivity contribution in [3.05, 3.63) is 51.0 Å². The van der Waals surface area contributed by atoms with Crippen LogP contribution in [0.25, 0.3) is 0 Å². The third-order valence-electron chi connectivity index (χ3n) is 3.56. The van der Waals surface area contributed by atoms with E-state index < -0.39 is 14.9 Å². The van der Waals surface area contributed by atoms with Crippen LogP contribution in [0.3, 0.4) is 0 Å². The van der Waals surface area contributed by atoms with E-state index >= 15 is 0 Å². The highest BCUT2D eigenvalue weighted by Crippen LogP contribution is 2.37. The summed E-state index contributed by atoms with van der Waals surface area (Å²) in [6.45, 7) is 1.95. The van der Waals surface area contributed by atoms with Gasteiger partial charge in [0.15, 0.2) is 5.75 Å². The standard InChI is InChI=1S/C17H18ClN3O7S/c1-4-28-15-8-11(7-13(21(22)23)17(15)27-3)10-19-20-29(24,25)16-9-12(18)5-6-14(16)26-2/h5-10,20H,4H2,1-3H3/b19-10+. The average Bonchev–Trinajstić information content (AvgIpc) is 2.67. The maximum Gasteiger partial charge on any atom is 0.315 e. The van der Waals surface area contributed by atoms with Crippen molar-refractivity contribution in [3.63, 3.8) is 0 Å². The van der Waals surface area contributed by atoms with Crippen LogP contribution < -0.4 is 19.0 Å². The van der Waals surface area contributed by atoms with Gasteiger partial charge in [-0.2, -0.15) is 18.4 Å². The van der Waals surface area contributed by atoms with Gasteiger partial charge in [0.1, 0.15) is 10.6 Å². The number of hydrogen-bond donors (Lipinski definition) is 1. The van der Waals surface area contributed by atoms with Crippen molar-refractivity contribution in [2.75, 3.05) is 20.8 Å². The Kier molecular flexibility index (Phi) is 7.23. The molecule has 0 saturated heterocycles. The molecule has 0 atom stereocenters. The summed E-state index contributed by atoms with van der Waals surface area (Å²) in [5.74, 6) is 0.166. The number of nitro groups is 1. The Bertz CT molecular complexity index is 1040. The molecule has 1 N–H and O–H groups in total. The molecule has 0 aromatic heterocycles. The van der Waals surface area contributed by atoms with Crippen LogP contribution in [0, 0.1) is 10.1 Å². The van der Waals surface area contributed by atoms with Gasteiger partial charge in [-0.1, -0.05) is 11.6 Å². The predicted molar refractivity (Wildman–Crippen MR) is 107 cm³/mol. The first-order valence-corrected chi connectivity index (χ1v) is 9.97. The van der Waals surface area contributed by atoms with E-state index in [-0.39, 0.29) is 45.0 Å². The minimum absolute atomic E-state index is 0.0433. The summed E-state index contributed by atoms with van der Waals surface area (Å²) in [5.41, 5.74) is -0.124. The number of ether oxygens (including phenoxy) is 3. The Balaban J connectivity index is 2.37. The maximum atomic E-state index is 12.5. The molecule has 0 unspecified atom stereocenters. The van der Waals surface area contributed by atoms with Crippen molar-refractivity contribution in [2.45, 2.75) is 11.8 Å². The van der Waals surface area contributed by atoms with Gasteiger partial charge in [-0.3, -0.25) is 10.1 Å². The molecule has 0 spiro atoms. The number of rotatable bonds is 9. The fraction of sp³-hybridized carbons (Fsp3) is 0.235. The molecule has 12 heteroatoms. The zero-order chi connectivity index (χ0) is 21.6. The summed E-state index contributed by atoms with van der Waals surface area (Å²) < 4.78 is 40.4. The zero-order valence-corrected chi connectivity index (χ0v) is 17.3. The number of hydrogen-bond acceptors (Lipinski definition) is 8. The third-order valence-corrected chi connectivity index (χ3v) is 5.04. The van der Waals surface area contributed by atoms with E-state index in [0.717, 1.165) is 6.21 Å². The first kappa shape index (κ1) is 22.2. The number of nitrogens with one attached hydrogen (secondary N) is 1. The van der Waals surface area contributed by atoms with Gasteiger partial charge in [-0.25, -0.2) is 0 Å². The van der Waals surface area contributed by atoms with E-state index in [4.69, 9.17) is 25.8 Å². The Labute approximate surface area is 172 Å². The number of nitrogens with zero attached hydrogens (tertiary/aromatic N) is 2. The van der Waals surface area contributed by atoms with Crippen LogP contribution in [0.1, 0.15) is 12.5 Å². The van der Waals surface area contributed by atoms with Crippen LogP contribution in [0.5, 0.6) is 17.2 Å². The maximum absolute atomic E-state index is 12.5. The molecule has 0 aliphatic rings. The molecular weight excluding hydrogens is 426 g/mol. The summed E-state index contributed by atoms with van der Waals surface area (Å²) in [7, 11) is -1.50. The van der Waals surface area contributed by atoms with Crippen molar-refractivity contribution < 1.29 is 27.6 Å². The highest BCUT2D eigenvalue weighted by molar-refractivity contribution is 7.89. The number of benzene rings is 2. The van der Waals surface area contributed by atoms with E-state index in [0.29, 0.717) is 0 Å². The Morgan fingerprint density at radius 3 is 2.52 bits per heavy atom. The molecule has 0 aliphatic heterocycles. The number of methoxy groups -OCH3 is 2. The predicted octanol–water partition coefficient (Wildman–Crippen LogP) is 2.98. The van der Waals surface area contributed by atoms with Crippen molar-refractivity contribution in [1.82, 2.24) is 4.83 Å². The van der Waals surface area contributed by atoms with Crippen LogP contribution in [-0.4, -0.2) is 40.4 Å². The number of nitro benzene ring substituents is 1. The second kappa shape index (κ2) is 9.43. The highest BCUT2D eigenvalue weighted by atomic mass is 35.5. The molecule has 2 aromatic rings. The molecule has 0 bridgehead atoms. The summed E-state index contributed by atoms with van der Waals surface area (Å²) in [6.07, 6.45) is 1.10. The van der Waals surface area contributed by atoms with Crippen molar-refractivity contribution in [1.29, 1.82) is 0 Å². The first-order valence-electron chi connectivity index (χ1n) is 8.11. The van der Waals surface area contributed by atoms with Gasteiger partial charge < -0.3 is 14.2 Å². The quantitative estimate of drug-likeness (QED) is 0.358. The smallest absolute Gasteiger partial charge is 0.315 e. The fourth-order valence-electron chi connectivity index (χ4n) is 2.37. The molecule has 0 heterocycles. The monoisotopic (exact) mass is 443 g/mol. The lowest BCUT2D eigenvalue weighted by molar-refractivity contribution is -0.385. The largest absolute Gasteiger partial charge is 0.495 e. The van der Waals surface area contributed by atoms with Gasteiger partial charge in [0.25, 0.3) is 10.0 Å². The van der Waals surface area contributed by atoms with Crippen molar-refractivity contribution >= 4 is 33.5 Å². The van der Waals surface area contributed by atoms with Crippen LogP contribution >= 0.6 is 11.6 Å². The summed E-state index contributed by atoms with van der Waals surface area (Å²) in [6, 6.07) is 6.71. The second-order valence-electron chi connectivity index (χ2n) is 5.41. The first-order chi connectivity index (χ1) is 13.7. The molecule has 0 radical (unpaired) electrons. The van der Waals surface area contributed by atoms with Gasteiger partial charge >= 0.3 is 5.69 Å². The summed E-state index contributed by atoms with van der Waals surface area (Å²) in [5, 5.41) is 15.2. The second-order valence-corrected chi connectivity index (χ2v) is 7.48. The summed E-state index contributed by atoms with van der Waals surface area (Å²) in [4.78, 5) is 12.5. The van der Waals surface area contributed by atoms with Gasteiger partial charge in [0, 0.05) is 16.7 Å². The van der Waals surface area contributed by atoms with E-state index in [1.165, 1.54) is 44.6 Å². The third kappa shape index (κ3) is 5.27. The molecule has 0 amide bonds. The molecular formula is C17H18ClN3O7S. The average molecular weight is 444 g/mol. The zero-order valence-electron chi connectivity index (χ0n) is 15.7. The van der Waals surface area contributed by atoms with Gasteiger partial charge in [0.05, 0.1) is 32.0 Å². The Morgan fingerprint density at radius 1 is 1.21 bits per heavy atom. The minimum Gasteiger partial charge on any atom is -0.495 e. The molecule has 0 aliphatic carbocycles. The Morgan fingerprint density at radius 2 is 1.93 bits per heavy atom. The van der Waals surface area contributed by atoms with E-state index in [1.54, 1.807) is 6.92 Å².